The fourth-order valence-corrected chi connectivity index (χ4v) is 8.19. The molecular weight excluding hydrogens is 617 g/mol. The van der Waals surface area contributed by atoms with Gasteiger partial charge in [0.05, 0.1) is 0 Å². The Morgan fingerprint density at radius 3 is 1.45 bits per heavy atom. The van der Waals surface area contributed by atoms with Gasteiger partial charge in [0.15, 0.2) is 0 Å². The maximum absolute atomic E-state index is 9.52. The van der Waals surface area contributed by atoms with Crippen LogP contribution in [0, 0.1) is 22.7 Å². The van der Waals surface area contributed by atoms with Gasteiger partial charge in [-0.25, -0.2) is 9.97 Å². The van der Waals surface area contributed by atoms with Gasteiger partial charge in [0.2, 0.25) is 0 Å². The molecule has 3 aromatic heterocycles. The van der Waals surface area contributed by atoms with E-state index in [0.717, 1.165) is 44.2 Å². The standard InChI is InChI=1S/C44H24N4S/c45-25-33-21-29(15-17-47-33)27-7-5-9-31(19-27)43-36-12-1-2-13-37(36)44(32-10-6-8-28(20-32)30-16-18-48-34(22-30)26-46)40-24-42-38(23-39(40)43)35-11-3-4-14-41(35)49-42/h1-24H. The molecule has 0 amide bonds. The highest BCUT2D eigenvalue weighted by atomic mass is 32.1. The highest BCUT2D eigenvalue weighted by Gasteiger charge is 2.20. The van der Waals surface area contributed by atoms with Gasteiger partial charge in [0.1, 0.15) is 23.5 Å². The van der Waals surface area contributed by atoms with E-state index in [9.17, 15) is 10.5 Å². The van der Waals surface area contributed by atoms with Crippen LogP contribution in [0.5, 0.6) is 0 Å². The molecule has 0 saturated carbocycles. The highest BCUT2D eigenvalue weighted by molar-refractivity contribution is 7.25. The molecule has 0 aliphatic heterocycles. The van der Waals surface area contributed by atoms with Crippen LogP contribution in [0.3, 0.4) is 0 Å². The molecule has 49 heavy (non-hydrogen) atoms. The summed E-state index contributed by atoms with van der Waals surface area (Å²) < 4.78 is 2.51. The Bertz CT molecular complexity index is 2870. The smallest absolute Gasteiger partial charge is 0.141 e. The molecule has 0 aliphatic rings. The van der Waals surface area contributed by atoms with E-state index in [0.29, 0.717) is 11.4 Å². The van der Waals surface area contributed by atoms with Crippen molar-refractivity contribution in [3.05, 3.63) is 157 Å². The summed E-state index contributed by atoms with van der Waals surface area (Å²) in [6.07, 6.45) is 3.39. The van der Waals surface area contributed by atoms with Gasteiger partial charge in [-0.1, -0.05) is 78.9 Å². The second kappa shape index (κ2) is 11.5. The number of benzene rings is 6. The Morgan fingerprint density at radius 2 is 0.878 bits per heavy atom. The van der Waals surface area contributed by atoms with Crippen LogP contribution in [0.25, 0.3) is 86.2 Å². The molecule has 5 heteroatoms. The summed E-state index contributed by atoms with van der Waals surface area (Å²) in [7, 11) is 0. The molecule has 6 aromatic carbocycles. The third-order valence-electron chi connectivity index (χ3n) is 9.24. The first kappa shape index (κ1) is 28.6. The lowest BCUT2D eigenvalue weighted by atomic mass is 9.84. The van der Waals surface area contributed by atoms with E-state index in [1.54, 1.807) is 12.4 Å². The number of rotatable bonds is 4. The Kier molecular flexibility index (Phi) is 6.73. The maximum Gasteiger partial charge on any atom is 0.141 e. The number of nitriles is 2. The average Bonchev–Trinajstić information content (AvgIpc) is 3.53. The topological polar surface area (TPSA) is 73.4 Å². The molecule has 0 fully saturated rings. The van der Waals surface area contributed by atoms with Gasteiger partial charge in [-0.05, 0) is 121 Å². The molecule has 0 saturated heterocycles. The van der Waals surface area contributed by atoms with Crippen LogP contribution in [0.2, 0.25) is 0 Å². The number of hydrogen-bond acceptors (Lipinski definition) is 5. The lowest BCUT2D eigenvalue weighted by molar-refractivity contribution is 1.26. The molecule has 226 valence electrons. The van der Waals surface area contributed by atoms with Gasteiger partial charge in [-0.2, -0.15) is 10.5 Å². The van der Waals surface area contributed by atoms with Crippen LogP contribution in [0.1, 0.15) is 11.4 Å². The molecule has 3 heterocycles. The summed E-state index contributed by atoms with van der Waals surface area (Å²) in [6, 6.07) is 51.2. The van der Waals surface area contributed by atoms with Crippen LogP contribution in [0.15, 0.2) is 146 Å². The van der Waals surface area contributed by atoms with Crippen molar-refractivity contribution in [1.82, 2.24) is 9.97 Å². The quantitative estimate of drug-likeness (QED) is 0.179. The van der Waals surface area contributed by atoms with Crippen LogP contribution in [-0.2, 0) is 0 Å². The number of fused-ring (bicyclic) bond motifs is 5. The fourth-order valence-electron chi connectivity index (χ4n) is 7.07. The van der Waals surface area contributed by atoms with E-state index in [-0.39, 0.29) is 0 Å². The highest BCUT2D eigenvalue weighted by Crippen LogP contribution is 2.47. The summed E-state index contributed by atoms with van der Waals surface area (Å²) >= 11 is 1.82. The third-order valence-corrected chi connectivity index (χ3v) is 10.4. The van der Waals surface area contributed by atoms with Gasteiger partial charge in [-0.15, -0.1) is 11.3 Å². The molecule has 0 bridgehead atoms. The zero-order valence-electron chi connectivity index (χ0n) is 26.1. The lowest BCUT2D eigenvalue weighted by Crippen LogP contribution is -1.92. The van der Waals surface area contributed by atoms with Crippen molar-refractivity contribution in [2.75, 3.05) is 0 Å². The molecule has 9 aromatic rings. The van der Waals surface area contributed by atoms with Crippen molar-refractivity contribution < 1.29 is 0 Å². The number of hydrogen-bond donors (Lipinski definition) is 0. The first-order chi connectivity index (χ1) is 24.2. The van der Waals surface area contributed by atoms with Gasteiger partial charge in [0, 0.05) is 32.6 Å². The molecule has 0 N–H and O–H groups in total. The SMILES string of the molecule is N#Cc1cc(-c2cccc(-c3c4ccccc4c(-c4cccc(-c5ccnc(C#N)c5)c4)c4cc5c(cc34)sc3ccccc35)c2)ccn1. The van der Waals surface area contributed by atoms with Crippen molar-refractivity contribution in [2.45, 2.75) is 0 Å². The first-order valence-electron chi connectivity index (χ1n) is 15.9. The molecule has 4 nitrogen and oxygen atoms in total. The lowest BCUT2D eigenvalue weighted by Gasteiger charge is -2.19. The Balaban J connectivity index is 1.38. The second-order valence-corrected chi connectivity index (χ2v) is 13.1. The molecule has 9 rings (SSSR count). The third kappa shape index (κ3) is 4.81. The minimum atomic E-state index is 0.396. The summed E-state index contributed by atoms with van der Waals surface area (Å²) in [5, 5.41) is 26.2. The minimum absolute atomic E-state index is 0.396. The normalized spacial score (nSPS) is 11.2. The molecule has 0 aliphatic carbocycles. The van der Waals surface area contributed by atoms with Crippen molar-refractivity contribution in [2.24, 2.45) is 0 Å². The van der Waals surface area contributed by atoms with Crippen LogP contribution >= 0.6 is 11.3 Å². The van der Waals surface area contributed by atoms with E-state index in [1.807, 2.05) is 35.6 Å². The van der Waals surface area contributed by atoms with Crippen molar-refractivity contribution in [3.63, 3.8) is 0 Å². The Morgan fingerprint density at radius 1 is 0.388 bits per heavy atom. The summed E-state index contributed by atoms with van der Waals surface area (Å²) in [4.78, 5) is 8.38. The van der Waals surface area contributed by atoms with Crippen molar-refractivity contribution >= 4 is 53.1 Å². The summed E-state index contributed by atoms with van der Waals surface area (Å²) in [5.41, 5.74) is 9.32. The molecular formula is C44H24N4S. The van der Waals surface area contributed by atoms with Gasteiger partial charge in [0.25, 0.3) is 0 Å². The monoisotopic (exact) mass is 640 g/mol. The van der Waals surface area contributed by atoms with Gasteiger partial charge >= 0.3 is 0 Å². The number of pyridine rings is 2. The second-order valence-electron chi connectivity index (χ2n) is 12.0. The van der Waals surface area contributed by atoms with E-state index < -0.39 is 0 Å². The average molecular weight is 641 g/mol. The number of thiophene rings is 1. The Labute approximate surface area is 286 Å². The van der Waals surface area contributed by atoms with E-state index in [1.165, 1.54) is 42.1 Å². The van der Waals surface area contributed by atoms with Crippen LogP contribution < -0.4 is 0 Å². The van der Waals surface area contributed by atoms with Gasteiger partial charge in [-0.3, -0.25) is 0 Å². The number of nitrogens with zero attached hydrogens (tertiary/aromatic N) is 4. The first-order valence-corrected chi connectivity index (χ1v) is 16.7. The maximum atomic E-state index is 9.52. The Hall–Kier alpha value is -6.66. The summed E-state index contributed by atoms with van der Waals surface area (Å²) in [5.74, 6) is 0. The molecule has 0 radical (unpaired) electrons. The van der Waals surface area contributed by atoms with Crippen molar-refractivity contribution in [1.29, 1.82) is 10.5 Å². The molecule has 0 atom stereocenters. The number of aromatic nitrogens is 2. The van der Waals surface area contributed by atoms with Crippen LogP contribution in [-0.4, -0.2) is 9.97 Å². The minimum Gasteiger partial charge on any atom is -0.246 e. The predicted molar refractivity (Wildman–Crippen MR) is 201 cm³/mol. The molecule has 0 spiro atoms. The molecule has 0 unspecified atom stereocenters. The zero-order valence-corrected chi connectivity index (χ0v) is 26.9. The summed E-state index contributed by atoms with van der Waals surface area (Å²) in [6.45, 7) is 0. The largest absolute Gasteiger partial charge is 0.246 e. The van der Waals surface area contributed by atoms with Gasteiger partial charge < -0.3 is 0 Å². The van der Waals surface area contributed by atoms with E-state index in [2.05, 4.69) is 131 Å². The predicted octanol–water partition coefficient (Wildman–Crippen LogP) is 11.6. The zero-order chi connectivity index (χ0) is 32.9. The van der Waals surface area contributed by atoms with Crippen LogP contribution in [0.4, 0.5) is 0 Å². The van der Waals surface area contributed by atoms with E-state index >= 15 is 0 Å². The van der Waals surface area contributed by atoms with Crippen molar-refractivity contribution in [3.8, 4) is 56.6 Å². The van der Waals surface area contributed by atoms with E-state index in [4.69, 9.17) is 0 Å². The fraction of sp³-hybridized carbons (Fsp3) is 0.